The average Bonchev–Trinajstić information content (AvgIpc) is 2.12. The van der Waals surface area contributed by atoms with Crippen LogP contribution in [-0.4, -0.2) is 22.2 Å². The van der Waals surface area contributed by atoms with E-state index in [0.29, 0.717) is 18.7 Å². The van der Waals surface area contributed by atoms with Gasteiger partial charge in [-0.3, -0.25) is 4.79 Å². The lowest BCUT2D eigenvalue weighted by molar-refractivity contribution is -0.148. The van der Waals surface area contributed by atoms with Crippen molar-refractivity contribution in [2.24, 2.45) is 5.92 Å². The number of carboxylic acid groups (broad SMARTS) is 1. The van der Waals surface area contributed by atoms with Gasteiger partial charge < -0.3 is 9.84 Å². The molecule has 0 aliphatic heterocycles. The van der Waals surface area contributed by atoms with Crippen LogP contribution in [0.2, 0.25) is 0 Å². The van der Waals surface area contributed by atoms with Gasteiger partial charge in [0.1, 0.15) is 6.10 Å². The fourth-order valence-electron chi connectivity index (χ4n) is 1.45. The molecule has 0 amide bonds. The van der Waals surface area contributed by atoms with Gasteiger partial charge in [0.15, 0.2) is 0 Å². The Kier molecular flexibility index (Phi) is 2.35. The third-order valence-corrected chi connectivity index (χ3v) is 2.37. The van der Waals surface area contributed by atoms with Crippen LogP contribution in [0.25, 0.3) is 0 Å². The monoisotopic (exact) mass is 193 g/mol. The molecule has 1 heterocycles. The lowest BCUT2D eigenvalue weighted by Gasteiger charge is -2.31. The van der Waals surface area contributed by atoms with E-state index in [2.05, 4.69) is 4.98 Å². The Bertz CT molecular complexity index is 319. The van der Waals surface area contributed by atoms with Crippen LogP contribution in [0.15, 0.2) is 24.4 Å². The molecule has 0 unspecified atom stereocenters. The number of aliphatic carboxylic acids is 1. The van der Waals surface area contributed by atoms with Gasteiger partial charge in [0, 0.05) is 12.3 Å². The van der Waals surface area contributed by atoms with Crippen molar-refractivity contribution >= 4 is 5.97 Å². The first kappa shape index (κ1) is 8.99. The third-order valence-electron chi connectivity index (χ3n) is 2.37. The van der Waals surface area contributed by atoms with Crippen molar-refractivity contribution in [1.82, 2.24) is 4.98 Å². The van der Waals surface area contributed by atoms with E-state index in [1.54, 1.807) is 12.3 Å². The summed E-state index contributed by atoms with van der Waals surface area (Å²) in [6.45, 7) is 0. The average molecular weight is 193 g/mol. The molecule has 14 heavy (non-hydrogen) atoms. The molecule has 0 atom stereocenters. The van der Waals surface area contributed by atoms with E-state index in [1.807, 2.05) is 12.1 Å². The second-order valence-electron chi connectivity index (χ2n) is 3.41. The molecule has 0 spiro atoms. The van der Waals surface area contributed by atoms with Crippen molar-refractivity contribution in [2.75, 3.05) is 0 Å². The van der Waals surface area contributed by atoms with E-state index >= 15 is 0 Å². The summed E-state index contributed by atoms with van der Waals surface area (Å²) in [6, 6.07) is 5.43. The molecule has 74 valence electrons. The molecule has 0 saturated heterocycles. The molecular weight excluding hydrogens is 182 g/mol. The topological polar surface area (TPSA) is 59.4 Å². The van der Waals surface area contributed by atoms with Crippen molar-refractivity contribution in [3.63, 3.8) is 0 Å². The summed E-state index contributed by atoms with van der Waals surface area (Å²) in [4.78, 5) is 14.5. The van der Waals surface area contributed by atoms with E-state index < -0.39 is 5.97 Å². The van der Waals surface area contributed by atoms with Crippen molar-refractivity contribution in [3.8, 4) is 5.88 Å². The number of hydrogen-bond acceptors (Lipinski definition) is 3. The highest BCUT2D eigenvalue weighted by atomic mass is 16.5. The van der Waals surface area contributed by atoms with Crippen LogP contribution < -0.4 is 4.74 Å². The molecule has 1 aromatic rings. The highest BCUT2D eigenvalue weighted by molar-refractivity contribution is 5.71. The molecule has 1 N–H and O–H groups in total. The number of rotatable bonds is 3. The molecule has 4 heteroatoms. The van der Waals surface area contributed by atoms with Gasteiger partial charge in [-0.1, -0.05) is 6.07 Å². The van der Waals surface area contributed by atoms with Gasteiger partial charge in [-0.25, -0.2) is 4.98 Å². The standard InChI is InChI=1S/C10H11NO3/c12-10(13)7-5-8(6-7)14-9-3-1-2-4-11-9/h1-4,7-8H,5-6H2,(H,12,13)/t7-,8+. The zero-order chi connectivity index (χ0) is 9.97. The Morgan fingerprint density at radius 1 is 1.50 bits per heavy atom. The van der Waals surface area contributed by atoms with Crippen LogP contribution in [0.1, 0.15) is 12.8 Å². The maximum atomic E-state index is 10.5. The Morgan fingerprint density at radius 2 is 2.29 bits per heavy atom. The molecule has 1 saturated carbocycles. The minimum absolute atomic E-state index is 0.0194. The van der Waals surface area contributed by atoms with Crippen molar-refractivity contribution < 1.29 is 14.6 Å². The van der Waals surface area contributed by atoms with Gasteiger partial charge in [0.2, 0.25) is 5.88 Å². The molecule has 1 aliphatic rings. The Morgan fingerprint density at radius 3 is 2.86 bits per heavy atom. The zero-order valence-corrected chi connectivity index (χ0v) is 7.59. The summed E-state index contributed by atoms with van der Waals surface area (Å²) in [6.07, 6.45) is 2.85. The summed E-state index contributed by atoms with van der Waals surface area (Å²) in [5, 5.41) is 8.65. The van der Waals surface area contributed by atoms with E-state index in [9.17, 15) is 4.79 Å². The van der Waals surface area contributed by atoms with Gasteiger partial charge in [0.25, 0.3) is 0 Å². The summed E-state index contributed by atoms with van der Waals surface area (Å²) < 4.78 is 5.46. The van der Waals surface area contributed by atoms with Crippen molar-refractivity contribution in [2.45, 2.75) is 18.9 Å². The van der Waals surface area contributed by atoms with Crippen LogP contribution in [0.5, 0.6) is 5.88 Å². The number of carbonyl (C=O) groups is 1. The summed E-state index contributed by atoms with van der Waals surface area (Å²) in [5.74, 6) is -0.393. The normalized spacial score (nSPS) is 25.1. The van der Waals surface area contributed by atoms with Gasteiger partial charge >= 0.3 is 5.97 Å². The van der Waals surface area contributed by atoms with Crippen molar-refractivity contribution in [1.29, 1.82) is 0 Å². The van der Waals surface area contributed by atoms with Crippen LogP contribution in [0.4, 0.5) is 0 Å². The molecule has 1 aliphatic carbocycles. The molecule has 2 rings (SSSR count). The van der Waals surface area contributed by atoms with Crippen molar-refractivity contribution in [3.05, 3.63) is 24.4 Å². The SMILES string of the molecule is O=C(O)[C@H]1C[C@@H](Oc2ccccn2)C1. The summed E-state index contributed by atoms with van der Waals surface area (Å²) >= 11 is 0. The van der Waals surface area contributed by atoms with E-state index in [1.165, 1.54) is 0 Å². The Labute approximate surface area is 81.5 Å². The maximum absolute atomic E-state index is 10.5. The summed E-state index contributed by atoms with van der Waals surface area (Å²) in [5.41, 5.74) is 0. The molecule has 0 aromatic carbocycles. The smallest absolute Gasteiger partial charge is 0.306 e. The lowest BCUT2D eigenvalue weighted by Crippen LogP contribution is -2.38. The second-order valence-corrected chi connectivity index (χ2v) is 3.41. The predicted octanol–water partition coefficient (Wildman–Crippen LogP) is 1.32. The fraction of sp³-hybridized carbons (Fsp3) is 0.400. The van der Waals surface area contributed by atoms with Gasteiger partial charge in [-0.2, -0.15) is 0 Å². The van der Waals surface area contributed by atoms with Gasteiger partial charge in [-0.15, -0.1) is 0 Å². The highest BCUT2D eigenvalue weighted by Gasteiger charge is 2.36. The van der Waals surface area contributed by atoms with Crippen LogP contribution >= 0.6 is 0 Å². The quantitative estimate of drug-likeness (QED) is 0.786. The Balaban J connectivity index is 1.82. The minimum atomic E-state index is -0.731. The molecule has 1 aromatic heterocycles. The number of nitrogens with zero attached hydrogens (tertiary/aromatic N) is 1. The third kappa shape index (κ3) is 1.84. The summed E-state index contributed by atoms with van der Waals surface area (Å²) in [7, 11) is 0. The van der Waals surface area contributed by atoms with E-state index in [4.69, 9.17) is 9.84 Å². The molecule has 1 fully saturated rings. The number of aromatic nitrogens is 1. The first-order chi connectivity index (χ1) is 6.75. The molecule has 0 radical (unpaired) electrons. The largest absolute Gasteiger partial charge is 0.481 e. The highest BCUT2D eigenvalue weighted by Crippen LogP contribution is 2.30. The number of carboxylic acids is 1. The molecule has 4 nitrogen and oxygen atoms in total. The number of hydrogen-bond donors (Lipinski definition) is 1. The predicted molar refractivity (Wildman–Crippen MR) is 49.0 cm³/mol. The first-order valence-corrected chi connectivity index (χ1v) is 4.56. The minimum Gasteiger partial charge on any atom is -0.481 e. The van der Waals surface area contributed by atoms with Crippen LogP contribution in [0, 0.1) is 5.92 Å². The number of pyridine rings is 1. The first-order valence-electron chi connectivity index (χ1n) is 4.56. The Hall–Kier alpha value is -1.58. The van der Waals surface area contributed by atoms with E-state index in [0.717, 1.165) is 0 Å². The maximum Gasteiger partial charge on any atom is 0.306 e. The van der Waals surface area contributed by atoms with Crippen LogP contribution in [0.3, 0.4) is 0 Å². The number of ether oxygens (including phenoxy) is 1. The van der Waals surface area contributed by atoms with E-state index in [-0.39, 0.29) is 12.0 Å². The zero-order valence-electron chi connectivity index (χ0n) is 7.59. The molecular formula is C10H11NO3. The van der Waals surface area contributed by atoms with Gasteiger partial charge in [-0.05, 0) is 18.9 Å². The molecule has 0 bridgehead atoms. The lowest BCUT2D eigenvalue weighted by atomic mass is 9.82. The second kappa shape index (κ2) is 3.65. The van der Waals surface area contributed by atoms with Crippen LogP contribution in [-0.2, 0) is 4.79 Å². The fourth-order valence-corrected chi connectivity index (χ4v) is 1.45. The van der Waals surface area contributed by atoms with Gasteiger partial charge in [0.05, 0.1) is 5.92 Å².